The largest absolute Gasteiger partial charge is 0.417 e. The number of carbonyl (C=O) groups is 1. The van der Waals surface area contributed by atoms with E-state index in [-0.39, 0.29) is 22.5 Å². The summed E-state index contributed by atoms with van der Waals surface area (Å²) < 4.78 is 55.5. The summed E-state index contributed by atoms with van der Waals surface area (Å²) in [5, 5.41) is 7.56. The third kappa shape index (κ3) is 5.21. The van der Waals surface area contributed by atoms with Gasteiger partial charge in [0.2, 0.25) is 0 Å². The number of nitrogens with zero attached hydrogens (tertiary/aromatic N) is 2. The number of amides is 2. The van der Waals surface area contributed by atoms with Crippen LogP contribution in [0.5, 0.6) is 0 Å². The molecule has 192 valence electrons. The van der Waals surface area contributed by atoms with Gasteiger partial charge in [-0.05, 0) is 54.4 Å². The summed E-state index contributed by atoms with van der Waals surface area (Å²) in [7, 11) is 3.30. The molecule has 0 radical (unpaired) electrons. The third-order valence-corrected chi connectivity index (χ3v) is 6.08. The molecule has 0 aliphatic carbocycles. The van der Waals surface area contributed by atoms with Crippen LogP contribution in [0.4, 0.5) is 39.5 Å². The lowest BCUT2D eigenvalue weighted by atomic mass is 9.99. The minimum Gasteiger partial charge on any atom is -0.373 e. The molecule has 0 aliphatic rings. The molecule has 0 fully saturated rings. The van der Waals surface area contributed by atoms with Crippen molar-refractivity contribution in [3.63, 3.8) is 0 Å². The Morgan fingerprint density at radius 3 is 2.46 bits per heavy atom. The Bertz CT molecular complexity index is 1600. The molecule has 4 rings (SSSR count). The van der Waals surface area contributed by atoms with Gasteiger partial charge in [0.05, 0.1) is 21.8 Å². The second-order valence-corrected chi connectivity index (χ2v) is 8.63. The van der Waals surface area contributed by atoms with E-state index in [2.05, 4.69) is 20.9 Å². The van der Waals surface area contributed by atoms with Gasteiger partial charge in [0.15, 0.2) is 0 Å². The topological polar surface area (TPSA) is 88.1 Å². The molecule has 37 heavy (non-hydrogen) atoms. The van der Waals surface area contributed by atoms with E-state index in [4.69, 9.17) is 11.6 Å². The highest BCUT2D eigenvalue weighted by atomic mass is 35.5. The minimum absolute atomic E-state index is 0.196. The van der Waals surface area contributed by atoms with Gasteiger partial charge in [0, 0.05) is 43.0 Å². The number of anilines is 3. The van der Waals surface area contributed by atoms with Crippen LogP contribution in [0.1, 0.15) is 11.1 Å². The fourth-order valence-electron chi connectivity index (χ4n) is 3.86. The smallest absolute Gasteiger partial charge is 0.373 e. The van der Waals surface area contributed by atoms with Crippen molar-refractivity contribution in [2.75, 3.05) is 23.0 Å². The van der Waals surface area contributed by atoms with Gasteiger partial charge in [0.1, 0.15) is 11.6 Å². The number of pyridine rings is 2. The van der Waals surface area contributed by atoms with Gasteiger partial charge in [-0.25, -0.2) is 14.2 Å². The lowest BCUT2D eigenvalue weighted by Gasteiger charge is -2.15. The van der Waals surface area contributed by atoms with Crippen molar-refractivity contribution in [1.82, 2.24) is 9.55 Å². The van der Waals surface area contributed by atoms with Crippen LogP contribution < -0.4 is 21.5 Å². The van der Waals surface area contributed by atoms with Crippen molar-refractivity contribution in [2.45, 2.75) is 13.1 Å². The Labute approximate surface area is 213 Å². The van der Waals surface area contributed by atoms with Gasteiger partial charge in [-0.1, -0.05) is 11.6 Å². The number of hydrogen-bond donors (Lipinski definition) is 3. The maximum absolute atomic E-state index is 14.7. The fourth-order valence-corrected chi connectivity index (χ4v) is 4.08. The number of alkyl halides is 3. The van der Waals surface area contributed by atoms with Crippen LogP contribution in [-0.2, 0) is 13.2 Å². The Hall–Kier alpha value is -4.12. The molecule has 3 N–H and O–H groups in total. The maximum Gasteiger partial charge on any atom is 0.417 e. The van der Waals surface area contributed by atoms with E-state index >= 15 is 0 Å². The molecular weight excluding hydrogens is 514 g/mol. The molecule has 0 aliphatic heterocycles. The van der Waals surface area contributed by atoms with E-state index in [0.29, 0.717) is 33.9 Å². The third-order valence-electron chi connectivity index (χ3n) is 5.75. The number of aryl methyl sites for hydroxylation is 2. The average molecular weight is 534 g/mol. The average Bonchev–Trinajstić information content (AvgIpc) is 2.83. The molecule has 0 bridgehead atoms. The first kappa shape index (κ1) is 26.0. The molecule has 0 saturated carbocycles. The predicted molar refractivity (Wildman–Crippen MR) is 136 cm³/mol. The highest BCUT2D eigenvalue weighted by molar-refractivity contribution is 6.31. The predicted octanol–water partition coefficient (Wildman–Crippen LogP) is 6.41. The zero-order chi connectivity index (χ0) is 27.1. The quantitative estimate of drug-likeness (QED) is 0.265. The molecule has 2 aromatic carbocycles. The van der Waals surface area contributed by atoms with Gasteiger partial charge in [-0.15, -0.1) is 0 Å². The first-order chi connectivity index (χ1) is 17.4. The van der Waals surface area contributed by atoms with Gasteiger partial charge >= 0.3 is 12.2 Å². The van der Waals surface area contributed by atoms with E-state index < -0.39 is 28.6 Å². The summed E-state index contributed by atoms with van der Waals surface area (Å²) in [4.78, 5) is 29.9. The maximum atomic E-state index is 14.7. The van der Waals surface area contributed by atoms with Crippen molar-refractivity contribution < 1.29 is 22.4 Å². The van der Waals surface area contributed by atoms with E-state index in [1.54, 1.807) is 39.3 Å². The zero-order valence-corrected chi connectivity index (χ0v) is 20.5. The van der Waals surface area contributed by atoms with E-state index in [9.17, 15) is 27.2 Å². The molecule has 12 heteroatoms. The Morgan fingerprint density at radius 2 is 1.78 bits per heavy atom. The summed E-state index contributed by atoms with van der Waals surface area (Å²) in [6, 6.07) is 7.66. The number of carbonyl (C=O) groups excluding carboxylic acids is 1. The summed E-state index contributed by atoms with van der Waals surface area (Å²) in [5.74, 6) is -0.213. The van der Waals surface area contributed by atoms with Crippen LogP contribution in [0.25, 0.3) is 22.0 Å². The highest BCUT2D eigenvalue weighted by Gasteiger charge is 2.33. The van der Waals surface area contributed by atoms with Crippen LogP contribution >= 0.6 is 11.6 Å². The van der Waals surface area contributed by atoms with Gasteiger partial charge in [-0.2, -0.15) is 13.2 Å². The number of rotatable bonds is 4. The van der Waals surface area contributed by atoms with Crippen LogP contribution in [0.3, 0.4) is 0 Å². The monoisotopic (exact) mass is 533 g/mol. The number of hydrogen-bond acceptors (Lipinski definition) is 4. The molecular formula is C25H20ClF4N5O2. The van der Waals surface area contributed by atoms with Gasteiger partial charge in [0.25, 0.3) is 5.56 Å². The summed E-state index contributed by atoms with van der Waals surface area (Å²) >= 11 is 5.60. The second kappa shape index (κ2) is 9.74. The second-order valence-electron chi connectivity index (χ2n) is 8.22. The van der Waals surface area contributed by atoms with Crippen molar-refractivity contribution in [3.8, 4) is 11.1 Å². The summed E-state index contributed by atoms with van der Waals surface area (Å²) in [6.45, 7) is 1.61. The number of halogens is 5. The molecule has 0 atom stereocenters. The van der Waals surface area contributed by atoms with Crippen LogP contribution in [0, 0.1) is 12.7 Å². The summed E-state index contributed by atoms with van der Waals surface area (Å²) in [6.07, 6.45) is -3.13. The molecule has 2 heterocycles. The molecule has 7 nitrogen and oxygen atoms in total. The number of aromatic nitrogens is 2. The Morgan fingerprint density at radius 1 is 1.05 bits per heavy atom. The van der Waals surface area contributed by atoms with E-state index in [0.717, 1.165) is 12.1 Å². The highest BCUT2D eigenvalue weighted by Crippen LogP contribution is 2.36. The van der Waals surface area contributed by atoms with E-state index in [1.165, 1.54) is 16.7 Å². The Kier molecular flexibility index (Phi) is 6.83. The number of nitrogens with one attached hydrogen (secondary N) is 3. The summed E-state index contributed by atoms with van der Waals surface area (Å²) in [5.41, 5.74) is -0.261. The molecule has 2 aromatic heterocycles. The normalized spacial score (nSPS) is 11.5. The first-order valence-electron chi connectivity index (χ1n) is 10.8. The standard InChI is InChI=1S/C25H20ClF4N5O2/c1-12-6-19(27)20(34-24(37)33-14-4-5-18(26)17(8-14)25(28,29)30)9-15(12)16-7-13-11-32-22(31-2)10-21(13)35(3)23(16)36/h4-11H,1-3H3,(H,31,32)(H2,33,34,37). The lowest BCUT2D eigenvalue weighted by Crippen LogP contribution is -2.21. The van der Waals surface area contributed by atoms with Gasteiger partial charge in [-0.3, -0.25) is 4.79 Å². The first-order valence-corrected chi connectivity index (χ1v) is 11.2. The van der Waals surface area contributed by atoms with Crippen molar-refractivity contribution in [3.05, 3.63) is 81.0 Å². The fraction of sp³-hybridized carbons (Fsp3) is 0.160. The minimum atomic E-state index is -4.72. The van der Waals surface area contributed by atoms with Crippen molar-refractivity contribution in [1.29, 1.82) is 0 Å². The molecule has 0 unspecified atom stereocenters. The number of urea groups is 1. The lowest BCUT2D eigenvalue weighted by molar-refractivity contribution is -0.137. The molecule has 4 aromatic rings. The van der Waals surface area contributed by atoms with Crippen molar-refractivity contribution >= 4 is 45.7 Å². The van der Waals surface area contributed by atoms with Crippen LogP contribution in [0.15, 0.2) is 53.5 Å². The molecule has 0 saturated heterocycles. The number of benzene rings is 2. The Balaban J connectivity index is 1.68. The van der Waals surface area contributed by atoms with Crippen LogP contribution in [-0.4, -0.2) is 22.6 Å². The SMILES string of the molecule is CNc1cc2c(cn1)cc(-c1cc(NC(=O)Nc3ccc(Cl)c(C(F)(F)F)c3)c(F)cc1C)c(=O)n2C. The molecule has 0 spiro atoms. The molecule has 2 amide bonds. The number of fused-ring (bicyclic) bond motifs is 1. The zero-order valence-electron chi connectivity index (χ0n) is 19.7. The van der Waals surface area contributed by atoms with Crippen molar-refractivity contribution in [2.24, 2.45) is 7.05 Å². The van der Waals surface area contributed by atoms with E-state index in [1.807, 2.05) is 0 Å². The van der Waals surface area contributed by atoms with Gasteiger partial charge < -0.3 is 20.5 Å². The van der Waals surface area contributed by atoms with Crippen LogP contribution in [0.2, 0.25) is 5.02 Å².